The van der Waals surface area contributed by atoms with E-state index in [1.165, 1.54) is 24.3 Å². The van der Waals surface area contributed by atoms with Crippen molar-refractivity contribution in [2.45, 2.75) is 18.6 Å². The Labute approximate surface area is 211 Å². The minimum atomic E-state index is -4.42. The third-order valence-electron chi connectivity index (χ3n) is 5.91. The summed E-state index contributed by atoms with van der Waals surface area (Å²) in [6.07, 6.45) is -4.33. The van der Waals surface area contributed by atoms with Gasteiger partial charge in [-0.2, -0.15) is 13.2 Å². The first-order valence-corrected chi connectivity index (χ1v) is 11.4. The van der Waals surface area contributed by atoms with E-state index in [0.717, 1.165) is 28.8 Å². The minimum absolute atomic E-state index is 0.0852. The summed E-state index contributed by atoms with van der Waals surface area (Å²) >= 11 is 0. The topological polar surface area (TPSA) is 92.4 Å². The molecule has 8 heteroatoms. The van der Waals surface area contributed by atoms with Gasteiger partial charge in [0.1, 0.15) is 6.04 Å². The Balaban J connectivity index is 1.42. The molecule has 4 rings (SSSR count). The normalized spacial score (nSPS) is 12.1. The number of aliphatic carboxylic acids is 1. The zero-order chi connectivity index (χ0) is 26.6. The average Bonchev–Trinajstić information content (AvgIpc) is 2.88. The molecule has 0 heterocycles. The predicted molar refractivity (Wildman–Crippen MR) is 136 cm³/mol. The van der Waals surface area contributed by atoms with Crippen molar-refractivity contribution in [1.29, 1.82) is 0 Å². The highest BCUT2D eigenvalue weighted by Crippen LogP contribution is 2.31. The second-order valence-corrected chi connectivity index (χ2v) is 8.54. The number of alkyl halides is 3. The highest BCUT2D eigenvalue weighted by Gasteiger charge is 2.30. The van der Waals surface area contributed by atoms with Crippen LogP contribution in [0.25, 0.3) is 22.3 Å². The first kappa shape index (κ1) is 25.5. The van der Waals surface area contributed by atoms with Crippen LogP contribution >= 0.6 is 0 Å². The van der Waals surface area contributed by atoms with Crippen molar-refractivity contribution in [3.8, 4) is 22.3 Å². The number of nitrogen functional groups attached to an aromatic ring is 1. The molecule has 1 atom stereocenters. The summed E-state index contributed by atoms with van der Waals surface area (Å²) in [5.74, 6) is -1.74. The Morgan fingerprint density at radius 2 is 1.32 bits per heavy atom. The van der Waals surface area contributed by atoms with Crippen LogP contribution in [0.5, 0.6) is 0 Å². The van der Waals surface area contributed by atoms with Crippen LogP contribution < -0.4 is 11.1 Å². The standard InChI is InChI=1S/C29H23F3N2O3/c30-29(31,32)24-14-12-20(13-15-24)19-8-10-22(11-9-19)27(35)34-26(28(36)37)16-18-4-6-21(7-5-18)23-2-1-3-25(33)17-23/h1-15,17,26H,16,33H2,(H,34,35)(H,36,37)/t26-/m0/s1. The first-order chi connectivity index (χ1) is 17.6. The molecule has 0 aromatic heterocycles. The summed E-state index contributed by atoms with van der Waals surface area (Å²) in [5.41, 5.74) is 9.76. The number of carbonyl (C=O) groups is 2. The smallest absolute Gasteiger partial charge is 0.416 e. The number of nitrogens with two attached hydrogens (primary N) is 1. The van der Waals surface area contributed by atoms with Crippen LogP contribution in [-0.2, 0) is 17.4 Å². The van der Waals surface area contributed by atoms with Gasteiger partial charge in [-0.1, -0.05) is 60.7 Å². The fourth-order valence-electron chi connectivity index (χ4n) is 3.89. The summed E-state index contributed by atoms with van der Waals surface area (Å²) in [6.45, 7) is 0. The Hall–Kier alpha value is -4.59. The van der Waals surface area contributed by atoms with Gasteiger partial charge in [0.15, 0.2) is 0 Å². The maximum absolute atomic E-state index is 12.8. The van der Waals surface area contributed by atoms with Crippen molar-refractivity contribution >= 4 is 17.6 Å². The van der Waals surface area contributed by atoms with E-state index in [1.807, 2.05) is 30.3 Å². The lowest BCUT2D eigenvalue weighted by Gasteiger charge is -2.15. The number of carboxylic acids is 1. The maximum atomic E-state index is 12.8. The van der Waals surface area contributed by atoms with E-state index in [9.17, 15) is 27.9 Å². The lowest BCUT2D eigenvalue weighted by molar-refractivity contribution is -0.139. The molecule has 0 saturated heterocycles. The van der Waals surface area contributed by atoms with Crippen LogP contribution in [0.4, 0.5) is 18.9 Å². The molecule has 0 radical (unpaired) electrons. The third kappa shape index (κ3) is 6.35. The van der Waals surface area contributed by atoms with Crippen molar-refractivity contribution in [1.82, 2.24) is 5.32 Å². The van der Waals surface area contributed by atoms with Gasteiger partial charge in [-0.25, -0.2) is 4.79 Å². The molecule has 0 saturated carbocycles. The van der Waals surface area contributed by atoms with Gasteiger partial charge in [0.25, 0.3) is 5.91 Å². The van der Waals surface area contributed by atoms with Gasteiger partial charge in [-0.15, -0.1) is 0 Å². The van der Waals surface area contributed by atoms with Crippen molar-refractivity contribution in [2.75, 3.05) is 5.73 Å². The van der Waals surface area contributed by atoms with Crippen LogP contribution in [0.15, 0.2) is 97.1 Å². The summed E-state index contributed by atoms with van der Waals surface area (Å²) < 4.78 is 38.3. The molecule has 5 nitrogen and oxygen atoms in total. The van der Waals surface area contributed by atoms with Gasteiger partial charge in [-0.3, -0.25) is 4.79 Å². The van der Waals surface area contributed by atoms with Crippen molar-refractivity contribution < 1.29 is 27.9 Å². The molecule has 37 heavy (non-hydrogen) atoms. The molecule has 4 aromatic carbocycles. The molecule has 0 aliphatic heterocycles. The molecule has 188 valence electrons. The number of carbonyl (C=O) groups excluding carboxylic acids is 1. The lowest BCUT2D eigenvalue weighted by Crippen LogP contribution is -2.42. The molecule has 0 spiro atoms. The fraction of sp³-hybridized carbons (Fsp3) is 0.103. The highest BCUT2D eigenvalue weighted by molar-refractivity contribution is 5.97. The molecule has 0 unspecified atom stereocenters. The van der Waals surface area contributed by atoms with Crippen molar-refractivity contribution in [3.05, 3.63) is 114 Å². The van der Waals surface area contributed by atoms with Gasteiger partial charge < -0.3 is 16.2 Å². The molecule has 4 N–H and O–H groups in total. The predicted octanol–water partition coefficient (Wildman–Crippen LogP) is 6.05. The number of amides is 1. The summed E-state index contributed by atoms with van der Waals surface area (Å²) in [6, 6.07) is 24.5. The lowest BCUT2D eigenvalue weighted by atomic mass is 10.00. The number of anilines is 1. The Morgan fingerprint density at radius 3 is 1.86 bits per heavy atom. The number of hydrogen-bond donors (Lipinski definition) is 3. The number of carboxylic acid groups (broad SMARTS) is 1. The van der Waals surface area contributed by atoms with Gasteiger partial charge >= 0.3 is 12.1 Å². The van der Waals surface area contributed by atoms with Gasteiger partial charge in [-0.05, 0) is 64.2 Å². The van der Waals surface area contributed by atoms with Crippen LogP contribution in [0.2, 0.25) is 0 Å². The monoisotopic (exact) mass is 504 g/mol. The molecule has 0 fully saturated rings. The Bertz CT molecular complexity index is 1400. The molecule has 0 aliphatic rings. The Morgan fingerprint density at radius 1 is 0.784 bits per heavy atom. The van der Waals surface area contributed by atoms with E-state index in [2.05, 4.69) is 5.32 Å². The first-order valence-electron chi connectivity index (χ1n) is 11.4. The molecule has 0 aliphatic carbocycles. The van der Waals surface area contributed by atoms with E-state index >= 15 is 0 Å². The summed E-state index contributed by atoms with van der Waals surface area (Å²) in [7, 11) is 0. The van der Waals surface area contributed by atoms with Crippen LogP contribution in [-0.4, -0.2) is 23.0 Å². The number of hydrogen-bond acceptors (Lipinski definition) is 3. The largest absolute Gasteiger partial charge is 0.480 e. The van der Waals surface area contributed by atoms with E-state index in [-0.39, 0.29) is 12.0 Å². The second-order valence-electron chi connectivity index (χ2n) is 8.54. The molecule has 4 aromatic rings. The summed E-state index contributed by atoms with van der Waals surface area (Å²) in [5, 5.41) is 12.2. The number of nitrogens with one attached hydrogen (secondary N) is 1. The average molecular weight is 505 g/mol. The van der Waals surface area contributed by atoms with Gasteiger partial charge in [0.2, 0.25) is 0 Å². The third-order valence-corrected chi connectivity index (χ3v) is 5.91. The maximum Gasteiger partial charge on any atom is 0.416 e. The second kappa shape index (κ2) is 10.6. The van der Waals surface area contributed by atoms with E-state index in [4.69, 9.17) is 5.73 Å². The number of halogens is 3. The molecular weight excluding hydrogens is 481 g/mol. The SMILES string of the molecule is Nc1cccc(-c2ccc(C[C@H](NC(=O)c3ccc(-c4ccc(C(F)(F)F)cc4)cc3)C(=O)O)cc2)c1. The van der Waals surface area contributed by atoms with Gasteiger partial charge in [0.05, 0.1) is 5.56 Å². The molecule has 0 bridgehead atoms. The fourth-order valence-corrected chi connectivity index (χ4v) is 3.89. The van der Waals surface area contributed by atoms with E-state index in [1.54, 1.807) is 30.3 Å². The number of rotatable bonds is 7. The van der Waals surface area contributed by atoms with Crippen LogP contribution in [0, 0.1) is 0 Å². The van der Waals surface area contributed by atoms with Crippen LogP contribution in [0.3, 0.4) is 0 Å². The van der Waals surface area contributed by atoms with E-state index < -0.39 is 29.7 Å². The summed E-state index contributed by atoms with van der Waals surface area (Å²) in [4.78, 5) is 24.5. The minimum Gasteiger partial charge on any atom is -0.480 e. The zero-order valence-corrected chi connectivity index (χ0v) is 19.5. The van der Waals surface area contributed by atoms with Crippen molar-refractivity contribution in [2.24, 2.45) is 0 Å². The van der Waals surface area contributed by atoms with Crippen molar-refractivity contribution in [3.63, 3.8) is 0 Å². The molecular formula is C29H23F3N2O3. The van der Waals surface area contributed by atoms with Gasteiger partial charge in [0, 0.05) is 17.7 Å². The van der Waals surface area contributed by atoms with Crippen LogP contribution in [0.1, 0.15) is 21.5 Å². The molecule has 1 amide bonds. The highest BCUT2D eigenvalue weighted by atomic mass is 19.4. The Kier molecular flexibility index (Phi) is 7.29. The van der Waals surface area contributed by atoms with E-state index in [0.29, 0.717) is 16.8 Å². The quantitative estimate of drug-likeness (QED) is 0.267. The zero-order valence-electron chi connectivity index (χ0n) is 19.5. The number of benzene rings is 4.